The molecule has 0 aliphatic heterocycles. The molecule has 3 rings (SSSR count). The largest absolute Gasteiger partial charge is 0.323 e. The van der Waals surface area contributed by atoms with Gasteiger partial charge in [0.05, 0.1) is 16.4 Å². The van der Waals surface area contributed by atoms with Gasteiger partial charge in [0.2, 0.25) is 5.91 Å². The minimum atomic E-state index is -0.464. The molecule has 0 saturated carbocycles. The van der Waals surface area contributed by atoms with E-state index >= 15 is 0 Å². The van der Waals surface area contributed by atoms with E-state index in [0.29, 0.717) is 16.2 Å². The molecule has 0 radical (unpaired) electrons. The fourth-order valence-corrected chi connectivity index (χ4v) is 2.45. The lowest BCUT2D eigenvalue weighted by Gasteiger charge is -2.08. The van der Waals surface area contributed by atoms with Crippen LogP contribution in [0.2, 0.25) is 5.02 Å². The topological polar surface area (TPSA) is 94.7 Å². The number of carbonyl (C=O) groups excluding carboxylic acids is 1. The average Bonchev–Trinajstić information content (AvgIpc) is 2.82. The number of hydrogen-bond donors (Lipinski definition) is 1. The van der Waals surface area contributed by atoms with Gasteiger partial charge in [-0.3, -0.25) is 14.3 Å². The minimum Gasteiger partial charge on any atom is -0.323 e. The summed E-state index contributed by atoms with van der Waals surface area (Å²) in [5.41, 5.74) is 2.33. The fraction of sp³-hybridized carbons (Fsp3) is 0.267. The molecule has 3 aromatic rings. The molecule has 1 aromatic carbocycles. The number of nitrogens with one attached hydrogen (secondary N) is 1. The smallest absolute Gasteiger partial charge is 0.298 e. The molecule has 0 bridgehead atoms. The van der Waals surface area contributed by atoms with Gasteiger partial charge in [0.1, 0.15) is 12.1 Å². The summed E-state index contributed by atoms with van der Waals surface area (Å²) in [5, 5.41) is 15.0. The maximum absolute atomic E-state index is 12.4. The van der Waals surface area contributed by atoms with Crippen molar-refractivity contribution in [1.29, 1.82) is 0 Å². The van der Waals surface area contributed by atoms with E-state index in [0.717, 1.165) is 15.9 Å². The average molecular weight is 347 g/mol. The Morgan fingerprint density at radius 3 is 2.79 bits per heavy atom. The normalized spacial score (nSPS) is 11.0. The number of nitrogens with zero attached hydrogens (tertiary/aromatic N) is 5. The maximum atomic E-state index is 12.4. The van der Waals surface area contributed by atoms with Crippen LogP contribution >= 0.6 is 11.6 Å². The van der Waals surface area contributed by atoms with Crippen molar-refractivity contribution < 1.29 is 4.79 Å². The standard InChI is InChI=1S/C15H15ClN6O2/c1-8-4-5-10(16)11(6-8)17-12(23)7-22-15(24)14-13(18-20-22)9(2)21(3)19-14/h4-6H,7H2,1-3H3,(H,17,23). The van der Waals surface area contributed by atoms with Crippen molar-refractivity contribution in [1.82, 2.24) is 24.8 Å². The van der Waals surface area contributed by atoms with Crippen LogP contribution in [-0.4, -0.2) is 30.7 Å². The highest BCUT2D eigenvalue weighted by molar-refractivity contribution is 6.33. The summed E-state index contributed by atoms with van der Waals surface area (Å²) in [4.78, 5) is 24.6. The number of anilines is 1. The second kappa shape index (κ2) is 6.04. The second-order valence-corrected chi connectivity index (χ2v) is 5.90. The first kappa shape index (κ1) is 16.1. The first-order chi connectivity index (χ1) is 11.4. The molecule has 0 spiro atoms. The SMILES string of the molecule is Cc1ccc(Cl)c(NC(=O)Cn2nnc3c(C)n(C)nc3c2=O)c1. The molecule has 2 heterocycles. The van der Waals surface area contributed by atoms with Crippen molar-refractivity contribution >= 4 is 34.2 Å². The zero-order valence-corrected chi connectivity index (χ0v) is 14.1. The summed E-state index contributed by atoms with van der Waals surface area (Å²) < 4.78 is 2.53. The molecule has 0 fully saturated rings. The zero-order chi connectivity index (χ0) is 17.4. The Bertz CT molecular complexity index is 1010. The lowest BCUT2D eigenvalue weighted by atomic mass is 10.2. The fourth-order valence-electron chi connectivity index (χ4n) is 2.29. The van der Waals surface area contributed by atoms with Crippen LogP contribution in [0.3, 0.4) is 0 Å². The molecule has 1 N–H and O–H groups in total. The summed E-state index contributed by atoms with van der Waals surface area (Å²) >= 11 is 6.05. The molecule has 0 atom stereocenters. The molecule has 9 heteroatoms. The summed E-state index contributed by atoms with van der Waals surface area (Å²) in [5.74, 6) is -0.425. The number of rotatable bonds is 3. The van der Waals surface area contributed by atoms with E-state index in [2.05, 4.69) is 20.7 Å². The molecular weight excluding hydrogens is 332 g/mol. The molecule has 8 nitrogen and oxygen atoms in total. The lowest BCUT2D eigenvalue weighted by molar-refractivity contribution is -0.117. The van der Waals surface area contributed by atoms with Crippen LogP contribution in [0.15, 0.2) is 23.0 Å². The van der Waals surface area contributed by atoms with Crippen molar-refractivity contribution in [2.45, 2.75) is 20.4 Å². The number of carbonyl (C=O) groups is 1. The van der Waals surface area contributed by atoms with E-state index in [4.69, 9.17) is 11.6 Å². The predicted molar refractivity (Wildman–Crippen MR) is 90.1 cm³/mol. The van der Waals surface area contributed by atoms with E-state index in [1.807, 2.05) is 13.0 Å². The van der Waals surface area contributed by atoms with Crippen molar-refractivity contribution in [2.75, 3.05) is 5.32 Å². The van der Waals surface area contributed by atoms with Crippen LogP contribution in [-0.2, 0) is 18.4 Å². The van der Waals surface area contributed by atoms with Gasteiger partial charge in [-0.2, -0.15) is 9.78 Å². The number of halogens is 1. The van der Waals surface area contributed by atoms with Crippen LogP contribution < -0.4 is 10.9 Å². The number of amides is 1. The number of benzene rings is 1. The van der Waals surface area contributed by atoms with Gasteiger partial charge in [-0.15, -0.1) is 5.10 Å². The highest BCUT2D eigenvalue weighted by atomic mass is 35.5. The van der Waals surface area contributed by atoms with E-state index in [9.17, 15) is 9.59 Å². The zero-order valence-electron chi connectivity index (χ0n) is 13.4. The monoisotopic (exact) mass is 346 g/mol. The van der Waals surface area contributed by atoms with Crippen molar-refractivity contribution in [2.24, 2.45) is 7.05 Å². The van der Waals surface area contributed by atoms with Crippen LogP contribution in [0.1, 0.15) is 11.3 Å². The third kappa shape index (κ3) is 2.88. The molecular formula is C15H15ClN6O2. The summed E-state index contributed by atoms with van der Waals surface area (Å²) in [6, 6.07) is 5.28. The second-order valence-electron chi connectivity index (χ2n) is 5.49. The van der Waals surface area contributed by atoms with Gasteiger partial charge < -0.3 is 5.32 Å². The molecule has 0 aliphatic rings. The van der Waals surface area contributed by atoms with Crippen molar-refractivity contribution in [3.05, 3.63) is 44.8 Å². The first-order valence-electron chi connectivity index (χ1n) is 7.20. The summed E-state index contributed by atoms with van der Waals surface area (Å²) in [6.07, 6.45) is 0. The Morgan fingerprint density at radius 1 is 1.29 bits per heavy atom. The summed E-state index contributed by atoms with van der Waals surface area (Å²) in [6.45, 7) is 3.40. The maximum Gasteiger partial charge on any atom is 0.298 e. The third-order valence-electron chi connectivity index (χ3n) is 3.68. The van der Waals surface area contributed by atoms with Gasteiger partial charge >= 0.3 is 0 Å². The highest BCUT2D eigenvalue weighted by Gasteiger charge is 2.15. The van der Waals surface area contributed by atoms with Gasteiger partial charge in [0, 0.05) is 7.05 Å². The quantitative estimate of drug-likeness (QED) is 0.774. The Kier molecular flexibility index (Phi) is 4.06. The van der Waals surface area contributed by atoms with Crippen molar-refractivity contribution in [3.8, 4) is 0 Å². The molecule has 1 amide bonds. The third-order valence-corrected chi connectivity index (χ3v) is 4.01. The van der Waals surface area contributed by atoms with E-state index in [-0.39, 0.29) is 12.1 Å². The molecule has 24 heavy (non-hydrogen) atoms. The van der Waals surface area contributed by atoms with Crippen LogP contribution in [0.5, 0.6) is 0 Å². The van der Waals surface area contributed by atoms with Gasteiger partial charge in [-0.05, 0) is 31.5 Å². The van der Waals surface area contributed by atoms with Crippen LogP contribution in [0.4, 0.5) is 5.69 Å². The van der Waals surface area contributed by atoms with E-state index in [1.165, 1.54) is 0 Å². The van der Waals surface area contributed by atoms with E-state index in [1.54, 1.807) is 30.8 Å². The molecule has 124 valence electrons. The number of aromatic nitrogens is 5. The number of fused-ring (bicyclic) bond motifs is 1. The minimum absolute atomic E-state index is 0.186. The number of hydrogen-bond acceptors (Lipinski definition) is 5. The lowest BCUT2D eigenvalue weighted by Crippen LogP contribution is -2.30. The number of aryl methyl sites for hydroxylation is 3. The Balaban J connectivity index is 1.87. The Labute approximate surface area is 142 Å². The van der Waals surface area contributed by atoms with E-state index < -0.39 is 11.5 Å². The summed E-state index contributed by atoms with van der Waals surface area (Å²) in [7, 11) is 1.72. The highest BCUT2D eigenvalue weighted by Crippen LogP contribution is 2.22. The Morgan fingerprint density at radius 2 is 2.04 bits per heavy atom. The molecule has 2 aromatic heterocycles. The van der Waals surface area contributed by atoms with Crippen LogP contribution in [0.25, 0.3) is 11.0 Å². The Hall–Kier alpha value is -2.74. The first-order valence-corrected chi connectivity index (χ1v) is 7.57. The van der Waals surface area contributed by atoms with Gasteiger partial charge in [0.25, 0.3) is 5.56 Å². The van der Waals surface area contributed by atoms with Gasteiger partial charge in [-0.25, -0.2) is 0 Å². The van der Waals surface area contributed by atoms with Gasteiger partial charge in [-0.1, -0.05) is 22.9 Å². The van der Waals surface area contributed by atoms with Crippen molar-refractivity contribution in [3.63, 3.8) is 0 Å². The molecule has 0 unspecified atom stereocenters. The molecule has 0 saturated heterocycles. The predicted octanol–water partition coefficient (Wildman–Crippen LogP) is 1.43. The van der Waals surface area contributed by atoms with Gasteiger partial charge in [0.15, 0.2) is 5.52 Å². The molecule has 0 aliphatic carbocycles. The van der Waals surface area contributed by atoms with Crippen LogP contribution in [0, 0.1) is 13.8 Å².